The molecule has 0 aromatic carbocycles. The maximum Gasteiger partial charge on any atom is 0.0429 e. The number of hydrogen-bond acceptors (Lipinski definition) is 3. The second-order valence-corrected chi connectivity index (χ2v) is 5.70. The molecule has 100 valence electrons. The van der Waals surface area contributed by atoms with E-state index in [1.165, 1.54) is 30.6 Å². The maximum atomic E-state index is 4.18. The predicted octanol–water partition coefficient (Wildman–Crippen LogP) is 2.60. The summed E-state index contributed by atoms with van der Waals surface area (Å²) in [5.41, 5.74) is 2.65. The smallest absolute Gasteiger partial charge is 0.0429 e. The standard InChI is InChI=1S/C15H25N3/c1-12(2)9-17-11-14-5-4-8-18(14)15-6-7-16-10-13(15)3/h6-7,10,12,14,17H,4-5,8-9,11H2,1-3H3. The predicted molar refractivity (Wildman–Crippen MR) is 77.0 cm³/mol. The van der Waals surface area contributed by atoms with Crippen molar-refractivity contribution in [3.63, 3.8) is 0 Å². The normalized spacial score (nSPS) is 19.8. The first kappa shape index (κ1) is 13.3. The molecule has 1 fully saturated rings. The van der Waals surface area contributed by atoms with E-state index >= 15 is 0 Å². The molecule has 0 spiro atoms. The van der Waals surface area contributed by atoms with Gasteiger partial charge in [-0.25, -0.2) is 0 Å². The second-order valence-electron chi connectivity index (χ2n) is 5.70. The number of nitrogens with zero attached hydrogens (tertiary/aromatic N) is 2. The zero-order valence-electron chi connectivity index (χ0n) is 11.8. The first-order chi connectivity index (χ1) is 8.68. The van der Waals surface area contributed by atoms with Crippen molar-refractivity contribution in [3.8, 4) is 0 Å². The summed E-state index contributed by atoms with van der Waals surface area (Å²) in [6.45, 7) is 10.1. The average molecular weight is 247 g/mol. The van der Waals surface area contributed by atoms with Gasteiger partial charge in [-0.2, -0.15) is 0 Å². The molecular formula is C15H25N3. The van der Waals surface area contributed by atoms with Gasteiger partial charge in [0.25, 0.3) is 0 Å². The second kappa shape index (κ2) is 6.19. The van der Waals surface area contributed by atoms with Crippen LogP contribution in [0.25, 0.3) is 0 Å². The van der Waals surface area contributed by atoms with Gasteiger partial charge in [-0.3, -0.25) is 4.98 Å². The molecule has 0 radical (unpaired) electrons. The molecule has 0 bridgehead atoms. The Bertz CT molecular complexity index is 376. The Morgan fingerprint density at radius 1 is 1.50 bits per heavy atom. The maximum absolute atomic E-state index is 4.18. The molecule has 0 aliphatic carbocycles. The van der Waals surface area contributed by atoms with Crippen LogP contribution in [0.3, 0.4) is 0 Å². The van der Waals surface area contributed by atoms with E-state index in [1.807, 2.05) is 12.4 Å². The molecule has 1 aromatic rings. The van der Waals surface area contributed by atoms with Crippen molar-refractivity contribution in [2.24, 2.45) is 5.92 Å². The summed E-state index contributed by atoms with van der Waals surface area (Å²) in [6.07, 6.45) is 6.47. The van der Waals surface area contributed by atoms with Crippen molar-refractivity contribution in [1.29, 1.82) is 0 Å². The van der Waals surface area contributed by atoms with Crippen LogP contribution in [0.2, 0.25) is 0 Å². The zero-order chi connectivity index (χ0) is 13.0. The fraction of sp³-hybridized carbons (Fsp3) is 0.667. The van der Waals surface area contributed by atoms with Crippen LogP contribution in [0.15, 0.2) is 18.5 Å². The SMILES string of the molecule is Cc1cnccc1N1CCCC1CNCC(C)C. The highest BCUT2D eigenvalue weighted by Gasteiger charge is 2.25. The number of pyridine rings is 1. The molecule has 1 saturated heterocycles. The van der Waals surface area contributed by atoms with Gasteiger partial charge in [0.1, 0.15) is 0 Å². The lowest BCUT2D eigenvalue weighted by atomic mass is 10.1. The van der Waals surface area contributed by atoms with E-state index in [0.717, 1.165) is 19.0 Å². The minimum Gasteiger partial charge on any atom is -0.367 e. The fourth-order valence-corrected chi connectivity index (χ4v) is 2.69. The Hall–Kier alpha value is -1.09. The molecule has 18 heavy (non-hydrogen) atoms. The molecule has 1 aliphatic heterocycles. The number of anilines is 1. The topological polar surface area (TPSA) is 28.2 Å². The van der Waals surface area contributed by atoms with E-state index < -0.39 is 0 Å². The van der Waals surface area contributed by atoms with Gasteiger partial charge < -0.3 is 10.2 Å². The Balaban J connectivity index is 1.97. The molecule has 1 N–H and O–H groups in total. The highest BCUT2D eigenvalue weighted by Crippen LogP contribution is 2.27. The van der Waals surface area contributed by atoms with Gasteiger partial charge >= 0.3 is 0 Å². The fourth-order valence-electron chi connectivity index (χ4n) is 2.69. The van der Waals surface area contributed by atoms with Gasteiger partial charge in [0.15, 0.2) is 0 Å². The van der Waals surface area contributed by atoms with Gasteiger partial charge in [-0.1, -0.05) is 13.8 Å². The summed E-state index contributed by atoms with van der Waals surface area (Å²) in [5.74, 6) is 0.725. The number of aromatic nitrogens is 1. The molecule has 3 nitrogen and oxygen atoms in total. The van der Waals surface area contributed by atoms with E-state index in [4.69, 9.17) is 0 Å². The van der Waals surface area contributed by atoms with Crippen LogP contribution in [0.4, 0.5) is 5.69 Å². The lowest BCUT2D eigenvalue weighted by molar-refractivity contribution is 0.512. The van der Waals surface area contributed by atoms with E-state index in [2.05, 4.69) is 42.0 Å². The molecule has 2 heterocycles. The van der Waals surface area contributed by atoms with Crippen LogP contribution in [-0.2, 0) is 0 Å². The first-order valence-corrected chi connectivity index (χ1v) is 7.06. The summed E-state index contributed by atoms with van der Waals surface area (Å²) in [4.78, 5) is 6.73. The summed E-state index contributed by atoms with van der Waals surface area (Å²) >= 11 is 0. The van der Waals surface area contributed by atoms with Crippen molar-refractivity contribution >= 4 is 5.69 Å². The van der Waals surface area contributed by atoms with Gasteiger partial charge in [0, 0.05) is 37.2 Å². The molecule has 2 rings (SSSR count). The van der Waals surface area contributed by atoms with E-state index in [0.29, 0.717) is 6.04 Å². The van der Waals surface area contributed by atoms with E-state index in [-0.39, 0.29) is 0 Å². The highest BCUT2D eigenvalue weighted by molar-refractivity contribution is 5.53. The minimum absolute atomic E-state index is 0.643. The molecular weight excluding hydrogens is 222 g/mol. The van der Waals surface area contributed by atoms with Crippen molar-refractivity contribution in [3.05, 3.63) is 24.0 Å². The third-order valence-electron chi connectivity index (χ3n) is 3.61. The number of hydrogen-bond donors (Lipinski definition) is 1. The molecule has 0 saturated carbocycles. The Labute approximate surface area is 111 Å². The Kier molecular flexibility index (Phi) is 4.59. The quantitative estimate of drug-likeness (QED) is 0.867. The Morgan fingerprint density at radius 2 is 2.33 bits per heavy atom. The van der Waals surface area contributed by atoms with Gasteiger partial charge in [0.05, 0.1) is 0 Å². The largest absolute Gasteiger partial charge is 0.367 e. The number of nitrogens with one attached hydrogen (secondary N) is 1. The Morgan fingerprint density at radius 3 is 3.06 bits per heavy atom. The summed E-state index contributed by atoms with van der Waals surface area (Å²) in [7, 11) is 0. The van der Waals surface area contributed by atoms with Crippen LogP contribution in [0.1, 0.15) is 32.3 Å². The average Bonchev–Trinajstić information content (AvgIpc) is 2.77. The lowest BCUT2D eigenvalue weighted by Gasteiger charge is -2.28. The molecule has 1 atom stereocenters. The summed E-state index contributed by atoms with van der Waals surface area (Å²) in [6, 6.07) is 2.79. The van der Waals surface area contributed by atoms with Crippen LogP contribution in [-0.4, -0.2) is 30.7 Å². The van der Waals surface area contributed by atoms with E-state index in [9.17, 15) is 0 Å². The zero-order valence-corrected chi connectivity index (χ0v) is 11.8. The molecule has 1 unspecified atom stereocenters. The first-order valence-electron chi connectivity index (χ1n) is 7.06. The molecule has 1 aliphatic rings. The third-order valence-corrected chi connectivity index (χ3v) is 3.61. The molecule has 1 aromatic heterocycles. The molecule has 3 heteroatoms. The van der Waals surface area contributed by atoms with Crippen molar-refractivity contribution in [1.82, 2.24) is 10.3 Å². The highest BCUT2D eigenvalue weighted by atomic mass is 15.2. The van der Waals surface area contributed by atoms with Gasteiger partial charge in [-0.15, -0.1) is 0 Å². The minimum atomic E-state index is 0.643. The lowest BCUT2D eigenvalue weighted by Crippen LogP contribution is -2.39. The van der Waals surface area contributed by atoms with Gasteiger partial charge in [-0.05, 0) is 43.9 Å². The van der Waals surface area contributed by atoms with Crippen LogP contribution < -0.4 is 10.2 Å². The van der Waals surface area contributed by atoms with Gasteiger partial charge in [0.2, 0.25) is 0 Å². The van der Waals surface area contributed by atoms with Crippen LogP contribution in [0.5, 0.6) is 0 Å². The monoisotopic (exact) mass is 247 g/mol. The van der Waals surface area contributed by atoms with Crippen molar-refractivity contribution in [2.45, 2.75) is 39.7 Å². The number of rotatable bonds is 5. The number of aryl methyl sites for hydroxylation is 1. The molecule has 0 amide bonds. The third kappa shape index (κ3) is 3.22. The van der Waals surface area contributed by atoms with Crippen LogP contribution >= 0.6 is 0 Å². The van der Waals surface area contributed by atoms with E-state index in [1.54, 1.807) is 0 Å². The van der Waals surface area contributed by atoms with Crippen molar-refractivity contribution < 1.29 is 0 Å². The van der Waals surface area contributed by atoms with Crippen LogP contribution in [0, 0.1) is 12.8 Å². The van der Waals surface area contributed by atoms with Crippen molar-refractivity contribution in [2.75, 3.05) is 24.5 Å². The summed E-state index contributed by atoms with van der Waals surface area (Å²) < 4.78 is 0. The summed E-state index contributed by atoms with van der Waals surface area (Å²) in [5, 5.41) is 3.59.